The maximum absolute atomic E-state index is 14.0. The van der Waals surface area contributed by atoms with E-state index in [-0.39, 0.29) is 54.0 Å². The number of ketones is 2. The van der Waals surface area contributed by atoms with Crippen LogP contribution in [0.15, 0.2) is 36.4 Å². The predicted molar refractivity (Wildman–Crippen MR) is 131 cm³/mol. The van der Waals surface area contributed by atoms with E-state index in [2.05, 4.69) is 0 Å². The fraction of sp³-hybridized carbons (Fsp3) is 0.462. The highest BCUT2D eigenvalue weighted by Gasteiger charge is 2.39. The van der Waals surface area contributed by atoms with E-state index in [9.17, 15) is 14.2 Å². The molecular weight excluding hydrogens is 455 g/mol. The number of hydrogen-bond donors (Lipinski definition) is 0. The first-order valence-electron chi connectivity index (χ1n) is 10.9. The van der Waals surface area contributed by atoms with Crippen LogP contribution in [-0.4, -0.2) is 46.2 Å². The van der Waals surface area contributed by atoms with Crippen molar-refractivity contribution in [2.24, 2.45) is 17.3 Å². The number of carbonyl (C=O) groups is 2. The lowest BCUT2D eigenvalue weighted by molar-refractivity contribution is 0.0730. The van der Waals surface area contributed by atoms with Crippen LogP contribution in [0, 0.1) is 17.3 Å². The molecule has 0 N–H and O–H groups in total. The van der Waals surface area contributed by atoms with Crippen LogP contribution in [0.5, 0.6) is 23.0 Å². The topological polar surface area (TPSA) is 88.1 Å². The minimum absolute atomic E-state index is 0.0186. The van der Waals surface area contributed by atoms with E-state index in [0.29, 0.717) is 24.1 Å². The predicted octanol–water partition coefficient (Wildman–Crippen LogP) is 5.75. The van der Waals surface area contributed by atoms with Crippen LogP contribution in [0.2, 0.25) is 0 Å². The molecule has 0 fully saturated rings. The van der Waals surface area contributed by atoms with Crippen molar-refractivity contribution in [1.82, 2.24) is 0 Å². The van der Waals surface area contributed by atoms with Crippen molar-refractivity contribution in [2.45, 2.75) is 27.2 Å². The summed E-state index contributed by atoms with van der Waals surface area (Å²) in [5.41, 5.74) is 0.167. The summed E-state index contributed by atoms with van der Waals surface area (Å²) in [4.78, 5) is 27.9. The molecule has 0 saturated heterocycles. The normalized spacial score (nSPS) is 12.4. The molecule has 0 spiro atoms. The van der Waals surface area contributed by atoms with Gasteiger partial charge in [0.05, 0.1) is 45.5 Å². The average molecular weight is 489 g/mol. The van der Waals surface area contributed by atoms with Crippen LogP contribution in [0.3, 0.4) is 0 Å². The smallest absolute Gasteiger partial charge is 0.177 e. The van der Waals surface area contributed by atoms with Crippen molar-refractivity contribution in [3.63, 3.8) is 0 Å². The van der Waals surface area contributed by atoms with Gasteiger partial charge in [0.1, 0.15) is 0 Å². The van der Waals surface area contributed by atoms with Crippen LogP contribution < -0.4 is 18.9 Å². The molecule has 0 bridgehead atoms. The van der Waals surface area contributed by atoms with Gasteiger partial charge in [0.15, 0.2) is 43.0 Å². The zero-order chi connectivity index (χ0) is 25.5. The molecular formula is C26H33O7P. The van der Waals surface area contributed by atoms with Crippen LogP contribution in [0.1, 0.15) is 47.9 Å². The lowest BCUT2D eigenvalue weighted by atomic mass is 9.74. The molecule has 0 radical (unpaired) electrons. The molecule has 0 saturated carbocycles. The summed E-state index contributed by atoms with van der Waals surface area (Å²) >= 11 is 0. The zero-order valence-corrected chi connectivity index (χ0v) is 21.7. The number of benzene rings is 2. The number of hydrogen-bond acceptors (Lipinski definition) is 7. The summed E-state index contributed by atoms with van der Waals surface area (Å²) < 4.78 is 33.0. The molecule has 2 aromatic rings. The van der Waals surface area contributed by atoms with E-state index in [4.69, 9.17) is 18.9 Å². The SMILES string of the molecule is COc1cccc(C(=O)C(C(=O)c2cccc(OC)c2OC)C(C)CC(C)(C)CP=O)c1OC. The largest absolute Gasteiger partial charge is 0.493 e. The Kier molecular flexibility index (Phi) is 9.63. The minimum atomic E-state index is -1.04. The summed E-state index contributed by atoms with van der Waals surface area (Å²) in [5, 5.41) is 0. The zero-order valence-electron chi connectivity index (χ0n) is 20.8. The van der Waals surface area contributed by atoms with Crippen molar-refractivity contribution in [3.05, 3.63) is 47.5 Å². The van der Waals surface area contributed by atoms with Gasteiger partial charge in [-0.05, 0) is 42.0 Å². The Morgan fingerprint density at radius 3 is 1.62 bits per heavy atom. The first-order chi connectivity index (χ1) is 16.1. The minimum Gasteiger partial charge on any atom is -0.493 e. The number of methoxy groups -OCH3 is 4. The second-order valence-electron chi connectivity index (χ2n) is 8.92. The summed E-state index contributed by atoms with van der Waals surface area (Å²) in [6, 6.07) is 10.0. The first-order valence-corrected chi connectivity index (χ1v) is 11.9. The maximum Gasteiger partial charge on any atom is 0.177 e. The number of ether oxygens (including phenoxy) is 4. The molecule has 0 aliphatic rings. The highest BCUT2D eigenvalue weighted by molar-refractivity contribution is 7.23. The Hall–Kier alpha value is -2.92. The molecule has 0 aliphatic carbocycles. The molecule has 0 aliphatic heterocycles. The standard InChI is InChI=1S/C26H33O7P/c1-16(14-26(2,3)15-34-29)21(22(27)17-10-8-12-19(30-4)24(17)32-6)23(28)18-11-9-13-20(31-5)25(18)33-7/h8-13,16,21H,14-15H2,1-7H3. The van der Waals surface area contributed by atoms with Crippen LogP contribution in [0.25, 0.3) is 0 Å². The van der Waals surface area contributed by atoms with Crippen LogP contribution in [-0.2, 0) is 4.57 Å². The number of rotatable bonds is 13. The van der Waals surface area contributed by atoms with Crippen molar-refractivity contribution < 1.29 is 33.1 Å². The van der Waals surface area contributed by atoms with Gasteiger partial charge < -0.3 is 18.9 Å². The Morgan fingerprint density at radius 1 is 0.824 bits per heavy atom. The van der Waals surface area contributed by atoms with E-state index >= 15 is 0 Å². The summed E-state index contributed by atoms with van der Waals surface area (Å²) in [6.45, 7) is 5.81. The van der Waals surface area contributed by atoms with Crippen molar-refractivity contribution in [1.29, 1.82) is 0 Å². The summed E-state index contributed by atoms with van der Waals surface area (Å²) in [7, 11) is 5.91. The molecule has 2 rings (SSSR count). The van der Waals surface area contributed by atoms with Gasteiger partial charge in [-0.1, -0.05) is 32.9 Å². The van der Waals surface area contributed by atoms with Gasteiger partial charge >= 0.3 is 0 Å². The van der Waals surface area contributed by atoms with Gasteiger partial charge in [0.25, 0.3) is 0 Å². The molecule has 2 aromatic carbocycles. The third-order valence-corrected chi connectivity index (χ3v) is 6.82. The van der Waals surface area contributed by atoms with Crippen LogP contribution >= 0.6 is 8.46 Å². The van der Waals surface area contributed by atoms with E-state index in [1.165, 1.54) is 28.4 Å². The first kappa shape index (κ1) is 27.3. The summed E-state index contributed by atoms with van der Waals surface area (Å²) in [6.07, 6.45) is 0.917. The van der Waals surface area contributed by atoms with Gasteiger partial charge in [-0.15, -0.1) is 0 Å². The molecule has 0 amide bonds. The number of para-hydroxylation sites is 2. The fourth-order valence-electron chi connectivity index (χ4n) is 4.36. The van der Waals surface area contributed by atoms with Gasteiger partial charge in [-0.2, -0.15) is 0 Å². The highest BCUT2D eigenvalue weighted by atomic mass is 31.1. The van der Waals surface area contributed by atoms with Gasteiger partial charge in [-0.25, -0.2) is 0 Å². The van der Waals surface area contributed by atoms with Gasteiger partial charge in [0, 0.05) is 6.16 Å². The second kappa shape index (κ2) is 12.0. The number of carbonyl (C=O) groups excluding carboxylic acids is 2. The van der Waals surface area contributed by atoms with Crippen molar-refractivity contribution in [2.75, 3.05) is 34.6 Å². The van der Waals surface area contributed by atoms with E-state index < -0.39 is 5.92 Å². The Bertz CT molecular complexity index is 964. The fourth-order valence-corrected chi connectivity index (χ4v) is 4.84. The third-order valence-electron chi connectivity index (χ3n) is 5.84. The Balaban J connectivity index is 2.66. The highest BCUT2D eigenvalue weighted by Crippen LogP contribution is 2.40. The molecule has 0 aromatic heterocycles. The Morgan fingerprint density at radius 2 is 1.26 bits per heavy atom. The quantitative estimate of drug-likeness (QED) is 0.202. The van der Waals surface area contributed by atoms with E-state index in [0.717, 1.165) is 0 Å². The van der Waals surface area contributed by atoms with Crippen LogP contribution in [0.4, 0.5) is 0 Å². The van der Waals surface area contributed by atoms with E-state index in [1.807, 2.05) is 20.8 Å². The van der Waals surface area contributed by atoms with E-state index in [1.54, 1.807) is 36.4 Å². The van der Waals surface area contributed by atoms with Gasteiger partial charge in [-0.3, -0.25) is 14.2 Å². The molecule has 7 nitrogen and oxygen atoms in total. The molecule has 184 valence electrons. The lowest BCUT2D eigenvalue weighted by Gasteiger charge is -2.30. The average Bonchev–Trinajstić information content (AvgIpc) is 2.82. The second-order valence-corrected chi connectivity index (χ2v) is 9.50. The lowest BCUT2D eigenvalue weighted by Crippen LogP contribution is -2.34. The monoisotopic (exact) mass is 488 g/mol. The third kappa shape index (κ3) is 5.95. The molecule has 34 heavy (non-hydrogen) atoms. The molecule has 1 unspecified atom stereocenters. The molecule has 0 heterocycles. The maximum atomic E-state index is 14.0. The molecule has 8 heteroatoms. The number of Topliss-reactive ketones (excluding diaryl/α,β-unsaturated/α-hetero) is 2. The van der Waals surface area contributed by atoms with Crippen molar-refractivity contribution >= 4 is 20.0 Å². The Labute approximate surface area is 202 Å². The summed E-state index contributed by atoms with van der Waals surface area (Å²) in [5.74, 6) is -0.825. The van der Waals surface area contributed by atoms with Crippen molar-refractivity contribution in [3.8, 4) is 23.0 Å². The van der Waals surface area contributed by atoms with Gasteiger partial charge in [0.2, 0.25) is 0 Å². The molecule has 1 atom stereocenters.